The van der Waals surface area contributed by atoms with Gasteiger partial charge in [0.1, 0.15) is 0 Å². The lowest BCUT2D eigenvalue weighted by Crippen LogP contribution is -1.92. The molecule has 1 aromatic heterocycles. The second kappa shape index (κ2) is 11.1. The number of carboxylic acid groups (broad SMARTS) is 2. The van der Waals surface area contributed by atoms with E-state index in [4.69, 9.17) is 10.2 Å². The van der Waals surface area contributed by atoms with Crippen LogP contribution in [0.2, 0.25) is 0 Å². The number of hydrogen-bond acceptors (Lipinski definition) is 3. The molecule has 0 aliphatic rings. The summed E-state index contributed by atoms with van der Waals surface area (Å²) in [6, 6.07) is 5.72. The van der Waals surface area contributed by atoms with E-state index in [1.807, 2.05) is 18.2 Å². The lowest BCUT2D eigenvalue weighted by molar-refractivity contribution is -0.133. The second-order valence-corrected chi connectivity index (χ2v) is 3.20. The van der Waals surface area contributed by atoms with Crippen LogP contribution in [0.15, 0.2) is 54.9 Å². The zero-order valence-corrected chi connectivity index (χ0v) is 10.5. The normalized spacial score (nSPS) is 7.67. The van der Waals surface area contributed by atoms with Crippen LogP contribution < -0.4 is 0 Å². The van der Waals surface area contributed by atoms with Gasteiger partial charge in [-0.1, -0.05) is 19.2 Å². The number of carboxylic acids is 2. The molecule has 0 fully saturated rings. The first kappa shape index (κ1) is 17.9. The Morgan fingerprint density at radius 2 is 1.17 bits per heavy atom. The van der Waals surface area contributed by atoms with Gasteiger partial charge in [0.2, 0.25) is 0 Å². The first-order chi connectivity index (χ1) is 8.29. The fraction of sp³-hybridized carbons (Fsp3) is 0.154. The number of aliphatic carboxylic acids is 2. The quantitative estimate of drug-likeness (QED) is 0.788. The van der Waals surface area contributed by atoms with Crippen molar-refractivity contribution in [2.24, 2.45) is 0 Å². The number of hydrogen-bond donors (Lipinski definition) is 2. The van der Waals surface area contributed by atoms with E-state index in [0.29, 0.717) is 0 Å². The Labute approximate surface area is 106 Å². The molecule has 0 saturated carbocycles. The van der Waals surface area contributed by atoms with E-state index in [-0.39, 0.29) is 11.1 Å². The summed E-state index contributed by atoms with van der Waals surface area (Å²) in [5, 5.41) is 15.8. The van der Waals surface area contributed by atoms with Crippen LogP contribution in [0.5, 0.6) is 0 Å². The molecule has 2 N–H and O–H groups in total. The van der Waals surface area contributed by atoms with Gasteiger partial charge in [0.25, 0.3) is 0 Å². The minimum absolute atomic E-state index is 0.176. The van der Waals surface area contributed by atoms with E-state index < -0.39 is 11.9 Å². The molecule has 0 amide bonds. The molecule has 0 bridgehead atoms. The van der Waals surface area contributed by atoms with Crippen molar-refractivity contribution in [3.63, 3.8) is 0 Å². The van der Waals surface area contributed by atoms with E-state index in [2.05, 4.69) is 18.1 Å². The van der Waals surface area contributed by atoms with Gasteiger partial charge < -0.3 is 10.2 Å². The van der Waals surface area contributed by atoms with Crippen LogP contribution in [0.4, 0.5) is 0 Å². The molecule has 0 atom stereocenters. The van der Waals surface area contributed by atoms with Crippen molar-refractivity contribution < 1.29 is 19.8 Å². The molecule has 1 aromatic rings. The summed E-state index contributed by atoms with van der Waals surface area (Å²) >= 11 is 0. The smallest absolute Gasteiger partial charge is 0.330 e. The van der Waals surface area contributed by atoms with Crippen LogP contribution in [0.25, 0.3) is 0 Å². The first-order valence-corrected chi connectivity index (χ1v) is 4.91. The molecule has 0 aliphatic heterocycles. The molecule has 0 saturated heterocycles. The molecule has 18 heavy (non-hydrogen) atoms. The Morgan fingerprint density at radius 3 is 1.22 bits per heavy atom. The Hall–Kier alpha value is -2.43. The SMILES string of the molecule is C=C(C)C(=O)O.C=C(C)C(=O)O.c1ccncc1. The Morgan fingerprint density at radius 1 is 0.889 bits per heavy atom. The molecule has 98 valence electrons. The fourth-order valence-electron chi connectivity index (χ4n) is 0.313. The lowest BCUT2D eigenvalue weighted by Gasteiger charge is -1.79. The number of aromatic nitrogens is 1. The third kappa shape index (κ3) is 16.0. The minimum atomic E-state index is -0.935. The zero-order valence-electron chi connectivity index (χ0n) is 10.5. The van der Waals surface area contributed by atoms with Gasteiger partial charge in [0.15, 0.2) is 0 Å². The van der Waals surface area contributed by atoms with Crippen molar-refractivity contribution in [2.45, 2.75) is 13.8 Å². The maximum absolute atomic E-state index is 9.60. The summed E-state index contributed by atoms with van der Waals surface area (Å²) in [6.45, 7) is 9.20. The van der Waals surface area contributed by atoms with Crippen LogP contribution in [0.1, 0.15) is 13.8 Å². The molecule has 1 rings (SSSR count). The van der Waals surface area contributed by atoms with Gasteiger partial charge in [0, 0.05) is 23.5 Å². The number of pyridine rings is 1. The second-order valence-electron chi connectivity index (χ2n) is 3.20. The van der Waals surface area contributed by atoms with Crippen LogP contribution in [0, 0.1) is 0 Å². The third-order valence-electron chi connectivity index (χ3n) is 1.30. The molecule has 0 aliphatic carbocycles. The lowest BCUT2D eigenvalue weighted by atomic mass is 10.4. The summed E-state index contributed by atoms with van der Waals surface area (Å²) in [7, 11) is 0. The molecule has 0 aromatic carbocycles. The summed E-state index contributed by atoms with van der Waals surface area (Å²) in [5.74, 6) is -1.87. The Kier molecular flexibility index (Phi) is 11.0. The van der Waals surface area contributed by atoms with Crippen molar-refractivity contribution in [3.05, 3.63) is 54.9 Å². The molecule has 0 unspecified atom stereocenters. The molecule has 0 spiro atoms. The van der Waals surface area contributed by atoms with Gasteiger partial charge in [-0.3, -0.25) is 4.98 Å². The van der Waals surface area contributed by atoms with E-state index in [0.717, 1.165) is 0 Å². The van der Waals surface area contributed by atoms with Crippen LogP contribution in [0.3, 0.4) is 0 Å². The largest absolute Gasteiger partial charge is 0.478 e. The average Bonchev–Trinajstić information content (AvgIpc) is 2.32. The highest BCUT2D eigenvalue weighted by molar-refractivity contribution is 5.85. The Bertz CT molecular complexity index is 324. The van der Waals surface area contributed by atoms with E-state index in [1.165, 1.54) is 13.8 Å². The number of rotatable bonds is 2. The van der Waals surface area contributed by atoms with Crippen LogP contribution in [-0.4, -0.2) is 27.1 Å². The molecule has 5 heteroatoms. The van der Waals surface area contributed by atoms with E-state index >= 15 is 0 Å². The highest BCUT2D eigenvalue weighted by atomic mass is 16.4. The summed E-state index contributed by atoms with van der Waals surface area (Å²) in [5.41, 5.74) is 0.352. The predicted octanol–water partition coefficient (Wildman–Crippen LogP) is 2.38. The Balaban J connectivity index is 0. The van der Waals surface area contributed by atoms with Crippen molar-refractivity contribution in [3.8, 4) is 0 Å². The monoisotopic (exact) mass is 251 g/mol. The summed E-state index contributed by atoms with van der Waals surface area (Å²) in [4.78, 5) is 23.0. The van der Waals surface area contributed by atoms with Gasteiger partial charge in [-0.05, 0) is 26.0 Å². The van der Waals surface area contributed by atoms with Crippen molar-refractivity contribution in [1.29, 1.82) is 0 Å². The maximum atomic E-state index is 9.60. The van der Waals surface area contributed by atoms with Crippen LogP contribution >= 0.6 is 0 Å². The van der Waals surface area contributed by atoms with Gasteiger partial charge in [0.05, 0.1) is 0 Å². The van der Waals surface area contributed by atoms with Gasteiger partial charge >= 0.3 is 11.9 Å². The highest BCUT2D eigenvalue weighted by Gasteiger charge is 1.90. The molecular weight excluding hydrogens is 234 g/mol. The van der Waals surface area contributed by atoms with Gasteiger partial charge in [-0.2, -0.15) is 0 Å². The molecule has 0 radical (unpaired) electrons. The molecule has 5 nitrogen and oxygen atoms in total. The van der Waals surface area contributed by atoms with Crippen molar-refractivity contribution in [1.82, 2.24) is 4.98 Å². The van der Waals surface area contributed by atoms with E-state index in [9.17, 15) is 9.59 Å². The molecular formula is C13H17NO4. The zero-order chi connectivity index (χ0) is 14.6. The molecule has 1 heterocycles. The summed E-state index contributed by atoms with van der Waals surface area (Å²) < 4.78 is 0. The summed E-state index contributed by atoms with van der Waals surface area (Å²) in [6.07, 6.45) is 3.50. The van der Waals surface area contributed by atoms with Crippen LogP contribution in [-0.2, 0) is 9.59 Å². The van der Waals surface area contributed by atoms with Gasteiger partial charge in [-0.25, -0.2) is 9.59 Å². The fourth-order valence-corrected chi connectivity index (χ4v) is 0.313. The van der Waals surface area contributed by atoms with Crippen molar-refractivity contribution in [2.75, 3.05) is 0 Å². The third-order valence-corrected chi connectivity index (χ3v) is 1.30. The maximum Gasteiger partial charge on any atom is 0.330 e. The number of nitrogens with zero attached hydrogens (tertiary/aromatic N) is 1. The van der Waals surface area contributed by atoms with Gasteiger partial charge in [-0.15, -0.1) is 0 Å². The first-order valence-electron chi connectivity index (χ1n) is 4.91. The standard InChI is InChI=1S/C5H5N.2C4H6O2/c1-2-4-6-5-3-1;2*1-3(2)4(5)6/h1-5H;2*1H2,2H3,(H,5,6). The number of carbonyl (C=O) groups is 2. The topological polar surface area (TPSA) is 87.5 Å². The van der Waals surface area contributed by atoms with E-state index in [1.54, 1.807) is 12.4 Å². The predicted molar refractivity (Wildman–Crippen MR) is 69.1 cm³/mol. The average molecular weight is 251 g/mol. The minimum Gasteiger partial charge on any atom is -0.478 e. The van der Waals surface area contributed by atoms with Crippen molar-refractivity contribution >= 4 is 11.9 Å². The highest BCUT2D eigenvalue weighted by Crippen LogP contribution is 1.81.